The summed E-state index contributed by atoms with van der Waals surface area (Å²) in [6.07, 6.45) is 6.63. The molecule has 334 valence electrons. The van der Waals surface area contributed by atoms with Crippen molar-refractivity contribution in [3.8, 4) is 5.75 Å². The summed E-state index contributed by atoms with van der Waals surface area (Å²) in [5, 5.41) is 23.2. The molecular weight excluding hydrogens is 767 g/mol. The Morgan fingerprint density at radius 2 is 1.63 bits per heavy atom. The largest absolute Gasteiger partial charge is 0.488 e. The van der Waals surface area contributed by atoms with Crippen LogP contribution in [0.5, 0.6) is 5.75 Å². The Hall–Kier alpha value is -3.42. The maximum absolute atomic E-state index is 14.4. The number of amides is 1. The fourth-order valence-corrected chi connectivity index (χ4v) is 9.96. The number of benzene rings is 1. The van der Waals surface area contributed by atoms with Crippen molar-refractivity contribution in [1.29, 1.82) is 0 Å². The molecule has 3 aliphatic heterocycles. The molecule has 3 fully saturated rings. The molecule has 0 aromatic heterocycles. The molecule has 1 aliphatic carbocycles. The van der Waals surface area contributed by atoms with Crippen LogP contribution in [0.2, 0.25) is 0 Å². The van der Waals surface area contributed by atoms with E-state index in [0.717, 1.165) is 17.6 Å². The van der Waals surface area contributed by atoms with E-state index in [2.05, 4.69) is 19.1 Å². The van der Waals surface area contributed by atoms with Crippen LogP contribution < -0.4 is 4.74 Å². The minimum Gasteiger partial charge on any atom is -0.488 e. The van der Waals surface area contributed by atoms with Gasteiger partial charge < -0.3 is 38.8 Å². The zero-order valence-corrected chi connectivity index (χ0v) is 37.2. The van der Waals surface area contributed by atoms with Gasteiger partial charge in [0, 0.05) is 39.0 Å². The SMILES string of the molecule is CCC1/C=C(\C)CC(C)CC(OC)C2OC(O)(C(=O)C(=O)N3CCCCC3C(=O)OC(C(C)=CC3CCC(Oc4ccccc4)C(O)C3)C(C)CCC1=O)C(C)CC2OC. The monoisotopic (exact) mass is 838 g/mol. The normalized spacial score (nSPS) is 38.2. The molecule has 3 heterocycles. The number of cyclic esters (lactones) is 1. The van der Waals surface area contributed by atoms with Gasteiger partial charge in [0.2, 0.25) is 5.79 Å². The number of rotatable bonds is 7. The van der Waals surface area contributed by atoms with Crippen LogP contribution in [-0.2, 0) is 38.1 Å². The molecule has 60 heavy (non-hydrogen) atoms. The summed E-state index contributed by atoms with van der Waals surface area (Å²) in [5.41, 5.74) is 1.87. The van der Waals surface area contributed by atoms with Crippen LogP contribution in [0.15, 0.2) is 53.6 Å². The van der Waals surface area contributed by atoms with E-state index in [9.17, 15) is 29.4 Å². The molecule has 0 spiro atoms. The maximum atomic E-state index is 14.4. The molecule has 1 saturated carbocycles. The summed E-state index contributed by atoms with van der Waals surface area (Å²) in [6, 6.07) is 8.40. The number of ether oxygens (including phenoxy) is 5. The van der Waals surface area contributed by atoms with E-state index in [-0.39, 0.29) is 54.9 Å². The first-order valence-corrected chi connectivity index (χ1v) is 22.4. The predicted molar refractivity (Wildman–Crippen MR) is 227 cm³/mol. The smallest absolute Gasteiger partial charge is 0.329 e. The van der Waals surface area contributed by atoms with Crippen molar-refractivity contribution in [3.63, 3.8) is 0 Å². The van der Waals surface area contributed by atoms with Crippen LogP contribution >= 0.6 is 0 Å². The topological polar surface area (TPSA) is 158 Å². The molecule has 0 radical (unpaired) electrons. The van der Waals surface area contributed by atoms with Crippen LogP contribution in [-0.4, -0.2) is 108 Å². The second-order valence-electron chi connectivity index (χ2n) is 18.2. The van der Waals surface area contributed by atoms with Crippen molar-refractivity contribution in [2.45, 2.75) is 167 Å². The van der Waals surface area contributed by atoms with Gasteiger partial charge in [0.15, 0.2) is 0 Å². The highest BCUT2D eigenvalue weighted by Crippen LogP contribution is 2.39. The molecule has 5 rings (SSSR count). The van der Waals surface area contributed by atoms with E-state index in [1.807, 2.05) is 58.0 Å². The summed E-state index contributed by atoms with van der Waals surface area (Å²) in [7, 11) is 3.10. The van der Waals surface area contributed by atoms with Crippen molar-refractivity contribution in [3.05, 3.63) is 53.6 Å². The van der Waals surface area contributed by atoms with E-state index in [1.54, 1.807) is 21.1 Å². The van der Waals surface area contributed by atoms with E-state index in [0.29, 0.717) is 63.5 Å². The van der Waals surface area contributed by atoms with Crippen molar-refractivity contribution >= 4 is 23.4 Å². The molecule has 1 aromatic carbocycles. The lowest BCUT2D eigenvalue weighted by molar-refractivity contribution is -0.302. The zero-order chi connectivity index (χ0) is 43.7. The fraction of sp³-hybridized carbons (Fsp3) is 0.708. The first-order valence-electron chi connectivity index (χ1n) is 22.4. The minimum atomic E-state index is -2.47. The summed E-state index contributed by atoms with van der Waals surface area (Å²) in [5.74, 6) is -5.66. The number of allylic oxidation sites excluding steroid dienone is 3. The number of ketones is 2. The Morgan fingerprint density at radius 3 is 2.30 bits per heavy atom. The number of hydrogen-bond acceptors (Lipinski definition) is 11. The van der Waals surface area contributed by atoms with E-state index in [4.69, 9.17) is 23.7 Å². The lowest BCUT2D eigenvalue weighted by Crippen LogP contribution is -2.64. The Kier molecular flexibility index (Phi) is 17.1. The lowest BCUT2D eigenvalue weighted by Gasteiger charge is -2.47. The molecule has 1 aromatic rings. The van der Waals surface area contributed by atoms with Gasteiger partial charge in [-0.1, -0.05) is 63.6 Å². The van der Waals surface area contributed by atoms with Gasteiger partial charge in [-0.3, -0.25) is 14.4 Å². The Balaban J connectivity index is 1.46. The number of fused-ring (bicyclic) bond motifs is 3. The summed E-state index contributed by atoms with van der Waals surface area (Å²) in [4.78, 5) is 58.0. The number of aliphatic hydroxyl groups is 2. The second kappa shape index (κ2) is 21.6. The molecule has 13 unspecified atom stereocenters. The Labute approximate surface area is 357 Å². The third-order valence-electron chi connectivity index (χ3n) is 13.5. The van der Waals surface area contributed by atoms with Gasteiger partial charge >= 0.3 is 5.97 Å². The lowest BCUT2D eigenvalue weighted by atomic mass is 9.82. The molecule has 4 aliphatic rings. The number of para-hydroxylation sites is 1. The number of carbonyl (C=O) groups excluding carboxylic acids is 4. The van der Waals surface area contributed by atoms with E-state index >= 15 is 0 Å². The van der Waals surface area contributed by atoms with Gasteiger partial charge in [0.25, 0.3) is 11.7 Å². The average molecular weight is 838 g/mol. The quantitative estimate of drug-likeness (QED) is 0.167. The maximum Gasteiger partial charge on any atom is 0.329 e. The van der Waals surface area contributed by atoms with E-state index in [1.165, 1.54) is 4.90 Å². The molecule has 2 N–H and O–H groups in total. The Morgan fingerprint density at radius 1 is 0.933 bits per heavy atom. The molecule has 1 amide bonds. The highest BCUT2D eigenvalue weighted by atomic mass is 16.7. The highest BCUT2D eigenvalue weighted by molar-refractivity contribution is 6.39. The minimum absolute atomic E-state index is 0.00360. The van der Waals surface area contributed by atoms with Gasteiger partial charge in [-0.25, -0.2) is 4.79 Å². The number of Topliss-reactive ketones (excluding diaryl/α,β-unsaturated/α-hetero) is 2. The first kappa shape index (κ1) is 47.6. The van der Waals surface area contributed by atoms with Gasteiger partial charge in [-0.15, -0.1) is 0 Å². The summed E-state index contributed by atoms with van der Waals surface area (Å²) in [6.45, 7) is 11.8. The van der Waals surface area contributed by atoms with Gasteiger partial charge in [-0.2, -0.15) is 0 Å². The van der Waals surface area contributed by atoms with Crippen molar-refractivity contribution in [1.82, 2.24) is 4.90 Å². The first-order chi connectivity index (χ1) is 28.6. The van der Waals surface area contributed by atoms with Gasteiger partial charge in [-0.05, 0) is 120 Å². The standard InChI is InChI=1S/C48H71NO11/c1-9-35-24-29(2)23-30(3)25-41(56-7)44-42(57-8)27-33(6)48(55,60-44)45(52)46(53)49-22-14-13-17-37(49)47(54)59-43(31(4)18-20-38(35)50)32(5)26-34-19-21-40(39(51)28-34)58-36-15-11-10-12-16-36/h10-12,15-16,24,26,30-31,33-35,37,39-44,51,55H,9,13-14,17-23,25,27-28H2,1-8H3/b29-24+,32-26?. The number of aliphatic hydroxyl groups excluding tert-OH is 1. The van der Waals surface area contributed by atoms with Gasteiger partial charge in [0.1, 0.15) is 35.9 Å². The van der Waals surface area contributed by atoms with Crippen molar-refractivity contribution < 1.29 is 53.1 Å². The van der Waals surface area contributed by atoms with Crippen LogP contribution in [0.25, 0.3) is 0 Å². The van der Waals surface area contributed by atoms with Crippen LogP contribution in [0.4, 0.5) is 0 Å². The number of nitrogens with zero attached hydrogens (tertiary/aromatic N) is 1. The third-order valence-corrected chi connectivity index (χ3v) is 13.5. The zero-order valence-electron chi connectivity index (χ0n) is 37.2. The summed E-state index contributed by atoms with van der Waals surface area (Å²) >= 11 is 0. The van der Waals surface area contributed by atoms with Crippen molar-refractivity contribution in [2.24, 2.45) is 29.6 Å². The van der Waals surface area contributed by atoms with Gasteiger partial charge in [0.05, 0.1) is 18.3 Å². The Bertz CT molecular complexity index is 1680. The number of carbonyl (C=O) groups is 4. The number of methoxy groups -OCH3 is 2. The van der Waals surface area contributed by atoms with Crippen LogP contribution in [0, 0.1) is 29.6 Å². The highest BCUT2D eigenvalue weighted by Gasteiger charge is 2.56. The molecule has 12 heteroatoms. The second-order valence-corrected chi connectivity index (χ2v) is 18.2. The molecule has 2 bridgehead atoms. The molecule has 12 nitrogen and oxygen atoms in total. The predicted octanol–water partition coefficient (Wildman–Crippen LogP) is 6.93. The van der Waals surface area contributed by atoms with Crippen LogP contribution in [0.1, 0.15) is 119 Å². The average Bonchev–Trinajstić information content (AvgIpc) is 3.23. The van der Waals surface area contributed by atoms with Crippen molar-refractivity contribution in [2.75, 3.05) is 20.8 Å². The molecule has 13 atom stereocenters. The van der Waals surface area contributed by atoms with Crippen LogP contribution in [0.3, 0.4) is 0 Å². The number of piperidine rings is 1. The third kappa shape index (κ3) is 11.5. The molecular formula is C48H71NO11. The molecule has 2 saturated heterocycles. The number of esters is 1. The van der Waals surface area contributed by atoms with E-state index < -0.39 is 65.9 Å². The number of hydrogen-bond donors (Lipinski definition) is 2. The summed E-state index contributed by atoms with van der Waals surface area (Å²) < 4.78 is 30.5. The fourth-order valence-electron chi connectivity index (χ4n) is 9.96.